The standard InChI is InChI=1S/C14H18N2OS/c1-16(6-5-14-4-3-7-18-14)12-8-11(15)9-13(10-12)17-2/h3-4,7-10H,5-6,15H2,1-2H3. The lowest BCUT2D eigenvalue weighted by Gasteiger charge is -2.20. The second-order valence-corrected chi connectivity index (χ2v) is 5.25. The topological polar surface area (TPSA) is 38.5 Å². The summed E-state index contributed by atoms with van der Waals surface area (Å²) in [5, 5.41) is 2.11. The molecule has 0 atom stereocenters. The number of hydrogen-bond donors (Lipinski definition) is 1. The largest absolute Gasteiger partial charge is 0.497 e. The molecule has 0 aliphatic rings. The van der Waals surface area contributed by atoms with Crippen LogP contribution in [-0.4, -0.2) is 20.7 Å². The first-order valence-corrected chi connectivity index (χ1v) is 6.75. The highest BCUT2D eigenvalue weighted by Crippen LogP contribution is 2.25. The monoisotopic (exact) mass is 262 g/mol. The van der Waals surface area contributed by atoms with Crippen LogP contribution in [0.25, 0.3) is 0 Å². The molecule has 0 aliphatic carbocycles. The van der Waals surface area contributed by atoms with Crippen molar-refractivity contribution in [1.82, 2.24) is 0 Å². The van der Waals surface area contributed by atoms with Gasteiger partial charge in [0.2, 0.25) is 0 Å². The molecule has 96 valence electrons. The van der Waals surface area contributed by atoms with E-state index in [1.165, 1.54) is 4.88 Å². The average molecular weight is 262 g/mol. The lowest BCUT2D eigenvalue weighted by molar-refractivity contribution is 0.415. The highest BCUT2D eigenvalue weighted by molar-refractivity contribution is 7.09. The summed E-state index contributed by atoms with van der Waals surface area (Å²) in [7, 11) is 3.73. The van der Waals surface area contributed by atoms with Crippen LogP contribution < -0.4 is 15.4 Å². The van der Waals surface area contributed by atoms with E-state index >= 15 is 0 Å². The van der Waals surface area contributed by atoms with Gasteiger partial charge in [0.15, 0.2) is 0 Å². The van der Waals surface area contributed by atoms with Crippen molar-refractivity contribution in [2.45, 2.75) is 6.42 Å². The molecule has 4 heteroatoms. The number of hydrogen-bond acceptors (Lipinski definition) is 4. The van der Waals surface area contributed by atoms with Gasteiger partial charge in [-0.2, -0.15) is 0 Å². The summed E-state index contributed by atoms with van der Waals surface area (Å²) in [6.07, 6.45) is 1.05. The zero-order chi connectivity index (χ0) is 13.0. The summed E-state index contributed by atoms with van der Waals surface area (Å²) >= 11 is 1.79. The number of likely N-dealkylation sites (N-methyl/N-ethyl adjacent to an activating group) is 1. The molecule has 0 unspecified atom stereocenters. The molecule has 0 saturated carbocycles. The van der Waals surface area contributed by atoms with Gasteiger partial charge in [-0.15, -0.1) is 11.3 Å². The molecule has 2 aromatic rings. The Bertz CT molecular complexity index is 497. The molecular weight excluding hydrogens is 244 g/mol. The van der Waals surface area contributed by atoms with Crippen LogP contribution in [0.5, 0.6) is 5.75 Å². The maximum Gasteiger partial charge on any atom is 0.122 e. The molecule has 0 bridgehead atoms. The Hall–Kier alpha value is -1.68. The summed E-state index contributed by atoms with van der Waals surface area (Å²) in [5.74, 6) is 0.799. The van der Waals surface area contributed by atoms with Crippen LogP contribution >= 0.6 is 11.3 Å². The Labute approximate surface area is 112 Å². The average Bonchev–Trinajstić information content (AvgIpc) is 2.88. The maximum absolute atomic E-state index is 5.86. The molecule has 0 fully saturated rings. The quantitative estimate of drug-likeness (QED) is 0.842. The van der Waals surface area contributed by atoms with Crippen LogP contribution in [-0.2, 0) is 6.42 Å². The lowest BCUT2D eigenvalue weighted by Crippen LogP contribution is -2.20. The number of anilines is 2. The van der Waals surface area contributed by atoms with Crippen LogP contribution in [0.2, 0.25) is 0 Å². The summed E-state index contributed by atoms with van der Waals surface area (Å²) in [6.45, 7) is 0.965. The van der Waals surface area contributed by atoms with Gasteiger partial charge >= 0.3 is 0 Å². The summed E-state index contributed by atoms with van der Waals surface area (Å²) < 4.78 is 5.23. The molecule has 0 amide bonds. The first kappa shape index (κ1) is 12.8. The summed E-state index contributed by atoms with van der Waals surface area (Å²) in [4.78, 5) is 3.59. The number of thiophene rings is 1. The molecule has 0 aliphatic heterocycles. The SMILES string of the molecule is COc1cc(N)cc(N(C)CCc2cccs2)c1. The van der Waals surface area contributed by atoms with Gasteiger partial charge in [-0.1, -0.05) is 6.07 Å². The number of ether oxygens (including phenoxy) is 1. The number of rotatable bonds is 5. The van der Waals surface area contributed by atoms with E-state index in [-0.39, 0.29) is 0 Å². The molecular formula is C14H18N2OS. The molecule has 2 rings (SSSR count). The van der Waals surface area contributed by atoms with Gasteiger partial charge in [0.1, 0.15) is 5.75 Å². The number of nitrogens with zero attached hydrogens (tertiary/aromatic N) is 1. The fourth-order valence-electron chi connectivity index (χ4n) is 1.81. The van der Waals surface area contributed by atoms with Crippen molar-refractivity contribution in [2.24, 2.45) is 0 Å². The summed E-state index contributed by atoms with van der Waals surface area (Å²) in [6, 6.07) is 10.1. The number of methoxy groups -OCH3 is 1. The molecule has 1 heterocycles. The number of benzene rings is 1. The van der Waals surface area contributed by atoms with Crippen molar-refractivity contribution in [2.75, 3.05) is 31.3 Å². The Balaban J connectivity index is 2.03. The van der Waals surface area contributed by atoms with E-state index in [2.05, 4.69) is 29.5 Å². The fraction of sp³-hybridized carbons (Fsp3) is 0.286. The number of nitrogens with two attached hydrogens (primary N) is 1. The zero-order valence-electron chi connectivity index (χ0n) is 10.7. The van der Waals surface area contributed by atoms with E-state index in [0.717, 1.165) is 30.1 Å². The molecule has 2 N–H and O–H groups in total. The molecule has 3 nitrogen and oxygen atoms in total. The predicted molar refractivity (Wildman–Crippen MR) is 78.7 cm³/mol. The first-order valence-electron chi connectivity index (χ1n) is 5.87. The van der Waals surface area contributed by atoms with Crippen molar-refractivity contribution < 1.29 is 4.74 Å². The van der Waals surface area contributed by atoms with Gasteiger partial charge in [0.05, 0.1) is 7.11 Å². The van der Waals surface area contributed by atoms with Crippen molar-refractivity contribution >= 4 is 22.7 Å². The molecule has 0 saturated heterocycles. The summed E-state index contributed by atoms with van der Waals surface area (Å²) in [5.41, 5.74) is 7.67. The van der Waals surface area contributed by atoms with E-state index in [9.17, 15) is 0 Å². The van der Waals surface area contributed by atoms with Crippen molar-refractivity contribution in [3.63, 3.8) is 0 Å². The Kier molecular flexibility index (Phi) is 4.10. The van der Waals surface area contributed by atoms with E-state index in [0.29, 0.717) is 0 Å². The Morgan fingerprint density at radius 1 is 1.33 bits per heavy atom. The predicted octanol–water partition coefficient (Wildman–Crippen LogP) is 3.02. The van der Waals surface area contributed by atoms with E-state index in [4.69, 9.17) is 10.5 Å². The lowest BCUT2D eigenvalue weighted by atomic mass is 10.2. The maximum atomic E-state index is 5.86. The van der Waals surface area contributed by atoms with Crippen molar-refractivity contribution in [3.05, 3.63) is 40.6 Å². The molecule has 1 aromatic carbocycles. The minimum Gasteiger partial charge on any atom is -0.497 e. The first-order chi connectivity index (χ1) is 8.69. The van der Waals surface area contributed by atoms with Crippen LogP contribution in [0.1, 0.15) is 4.88 Å². The minimum atomic E-state index is 0.729. The van der Waals surface area contributed by atoms with Crippen molar-refractivity contribution in [1.29, 1.82) is 0 Å². The van der Waals surface area contributed by atoms with Gasteiger partial charge in [-0.05, 0) is 23.9 Å². The zero-order valence-corrected chi connectivity index (χ0v) is 11.5. The highest BCUT2D eigenvalue weighted by Gasteiger charge is 2.05. The van der Waals surface area contributed by atoms with Gasteiger partial charge in [-0.25, -0.2) is 0 Å². The minimum absolute atomic E-state index is 0.729. The second-order valence-electron chi connectivity index (χ2n) is 4.22. The van der Waals surface area contributed by atoms with Crippen LogP contribution in [0.15, 0.2) is 35.7 Å². The number of nitrogen functional groups attached to an aromatic ring is 1. The third-order valence-electron chi connectivity index (χ3n) is 2.86. The van der Waals surface area contributed by atoms with Crippen molar-refractivity contribution in [3.8, 4) is 5.75 Å². The van der Waals surface area contributed by atoms with Gasteiger partial charge in [0.25, 0.3) is 0 Å². The Morgan fingerprint density at radius 2 is 2.17 bits per heavy atom. The van der Waals surface area contributed by atoms with E-state index in [1.54, 1.807) is 18.4 Å². The molecule has 0 radical (unpaired) electrons. The molecule has 1 aromatic heterocycles. The van der Waals surface area contributed by atoms with Crippen LogP contribution in [0, 0.1) is 0 Å². The molecule has 0 spiro atoms. The highest BCUT2D eigenvalue weighted by atomic mass is 32.1. The third-order valence-corrected chi connectivity index (χ3v) is 3.80. The fourth-order valence-corrected chi connectivity index (χ4v) is 2.50. The van der Waals surface area contributed by atoms with Crippen LogP contribution in [0.4, 0.5) is 11.4 Å². The van der Waals surface area contributed by atoms with Gasteiger partial charge in [0, 0.05) is 42.0 Å². The normalized spacial score (nSPS) is 10.3. The molecule has 18 heavy (non-hydrogen) atoms. The van der Waals surface area contributed by atoms with E-state index in [1.807, 2.05) is 18.2 Å². The Morgan fingerprint density at radius 3 is 2.83 bits per heavy atom. The van der Waals surface area contributed by atoms with Crippen LogP contribution in [0.3, 0.4) is 0 Å². The smallest absolute Gasteiger partial charge is 0.122 e. The van der Waals surface area contributed by atoms with Gasteiger partial charge in [-0.3, -0.25) is 0 Å². The van der Waals surface area contributed by atoms with E-state index < -0.39 is 0 Å². The third kappa shape index (κ3) is 3.17. The van der Waals surface area contributed by atoms with Gasteiger partial charge < -0.3 is 15.4 Å². The second kappa shape index (κ2) is 5.78.